The van der Waals surface area contributed by atoms with Gasteiger partial charge in [0.05, 0.1) is 0 Å². The molecule has 2 heteroatoms. The lowest BCUT2D eigenvalue weighted by atomic mass is 9.97. The van der Waals surface area contributed by atoms with Crippen molar-refractivity contribution in [2.24, 2.45) is 0 Å². The number of nitrogens with zero attached hydrogens (tertiary/aromatic N) is 1. The van der Waals surface area contributed by atoms with Gasteiger partial charge in [-0.1, -0.05) is 0 Å². The third-order valence-electron chi connectivity index (χ3n) is 2.93. The molecule has 2 aliphatic heterocycles. The van der Waals surface area contributed by atoms with Gasteiger partial charge in [-0.2, -0.15) is 0 Å². The number of carbonyl (C=O) groups excluding carboxylic acids is 1. The van der Waals surface area contributed by atoms with Crippen molar-refractivity contribution in [1.29, 1.82) is 0 Å². The summed E-state index contributed by atoms with van der Waals surface area (Å²) in [4.78, 5) is 13.2. The second-order valence-electron chi connectivity index (χ2n) is 3.65. The van der Waals surface area contributed by atoms with E-state index in [0.717, 1.165) is 19.4 Å². The average Bonchev–Trinajstić information content (AvgIpc) is 2.35. The van der Waals surface area contributed by atoms with E-state index in [2.05, 4.69) is 11.8 Å². The molecule has 0 radical (unpaired) electrons. The standard InChI is InChI=1S/C8H13NO/c1-8-4-2-6-9(8)7(10)3-5-8/h2-6H2,1H3/t8-/m1/s1. The maximum atomic E-state index is 11.2. The maximum Gasteiger partial charge on any atom is 0.223 e. The molecule has 0 aliphatic carbocycles. The number of rotatable bonds is 0. The summed E-state index contributed by atoms with van der Waals surface area (Å²) in [5, 5.41) is 0. The summed E-state index contributed by atoms with van der Waals surface area (Å²) >= 11 is 0. The summed E-state index contributed by atoms with van der Waals surface area (Å²) in [7, 11) is 0. The van der Waals surface area contributed by atoms with Crippen LogP contribution in [0.5, 0.6) is 0 Å². The van der Waals surface area contributed by atoms with Crippen molar-refractivity contribution < 1.29 is 4.79 Å². The summed E-state index contributed by atoms with van der Waals surface area (Å²) in [5.74, 6) is 0.375. The summed E-state index contributed by atoms with van der Waals surface area (Å²) in [6.45, 7) is 3.22. The van der Waals surface area contributed by atoms with Crippen LogP contribution in [0.2, 0.25) is 0 Å². The molecule has 0 aromatic rings. The summed E-state index contributed by atoms with van der Waals surface area (Å²) in [6, 6.07) is 0. The minimum atomic E-state index is 0.261. The lowest BCUT2D eigenvalue weighted by molar-refractivity contribution is -0.129. The zero-order valence-corrected chi connectivity index (χ0v) is 6.39. The van der Waals surface area contributed by atoms with Crippen molar-refractivity contribution >= 4 is 5.91 Å². The molecule has 2 heterocycles. The molecule has 2 aliphatic rings. The Bertz CT molecular complexity index is 178. The third-order valence-corrected chi connectivity index (χ3v) is 2.93. The van der Waals surface area contributed by atoms with Gasteiger partial charge in [0.15, 0.2) is 0 Å². The molecule has 0 aromatic carbocycles. The minimum Gasteiger partial charge on any atom is -0.337 e. The molecule has 0 bridgehead atoms. The third kappa shape index (κ3) is 0.619. The van der Waals surface area contributed by atoms with Crippen LogP contribution in [0.25, 0.3) is 0 Å². The first-order chi connectivity index (χ1) is 4.72. The largest absolute Gasteiger partial charge is 0.337 e. The highest BCUT2D eigenvalue weighted by atomic mass is 16.2. The van der Waals surface area contributed by atoms with E-state index in [0.29, 0.717) is 5.91 Å². The number of hydrogen-bond acceptors (Lipinski definition) is 1. The molecule has 0 N–H and O–H groups in total. The van der Waals surface area contributed by atoms with Crippen molar-refractivity contribution in [1.82, 2.24) is 4.90 Å². The van der Waals surface area contributed by atoms with Crippen LogP contribution in [0.3, 0.4) is 0 Å². The molecule has 56 valence electrons. The highest BCUT2D eigenvalue weighted by Gasteiger charge is 2.44. The van der Waals surface area contributed by atoms with Crippen LogP contribution in [0.1, 0.15) is 32.6 Å². The van der Waals surface area contributed by atoms with E-state index in [9.17, 15) is 4.79 Å². The van der Waals surface area contributed by atoms with E-state index in [4.69, 9.17) is 0 Å². The molecular formula is C8H13NO. The lowest BCUT2D eigenvalue weighted by Gasteiger charge is -2.26. The molecule has 0 unspecified atom stereocenters. The Balaban J connectivity index is 2.27. The normalized spacial score (nSPS) is 38.9. The molecule has 0 spiro atoms. The van der Waals surface area contributed by atoms with Gasteiger partial charge in [0, 0.05) is 18.5 Å². The highest BCUT2D eigenvalue weighted by molar-refractivity contribution is 5.80. The van der Waals surface area contributed by atoms with Crippen LogP contribution >= 0.6 is 0 Å². The van der Waals surface area contributed by atoms with Crippen LogP contribution in [-0.4, -0.2) is 22.9 Å². The minimum absolute atomic E-state index is 0.261. The van der Waals surface area contributed by atoms with Crippen molar-refractivity contribution in [2.45, 2.75) is 38.1 Å². The second kappa shape index (κ2) is 1.74. The van der Waals surface area contributed by atoms with Gasteiger partial charge in [0.25, 0.3) is 0 Å². The fourth-order valence-corrected chi connectivity index (χ4v) is 2.22. The zero-order chi connectivity index (χ0) is 7.19. The number of carbonyl (C=O) groups is 1. The second-order valence-corrected chi connectivity index (χ2v) is 3.65. The number of fused-ring (bicyclic) bond motifs is 1. The van der Waals surface area contributed by atoms with Gasteiger partial charge in [0.1, 0.15) is 0 Å². The van der Waals surface area contributed by atoms with E-state index < -0.39 is 0 Å². The van der Waals surface area contributed by atoms with Gasteiger partial charge >= 0.3 is 0 Å². The molecule has 2 saturated heterocycles. The fourth-order valence-electron chi connectivity index (χ4n) is 2.22. The van der Waals surface area contributed by atoms with Crippen LogP contribution in [-0.2, 0) is 4.79 Å². The van der Waals surface area contributed by atoms with Gasteiger partial charge in [-0.25, -0.2) is 0 Å². The predicted molar refractivity (Wildman–Crippen MR) is 38.6 cm³/mol. The first-order valence-electron chi connectivity index (χ1n) is 4.03. The topological polar surface area (TPSA) is 20.3 Å². The molecular weight excluding hydrogens is 126 g/mol. The summed E-state index contributed by atoms with van der Waals surface area (Å²) < 4.78 is 0. The van der Waals surface area contributed by atoms with Crippen LogP contribution in [0, 0.1) is 0 Å². The number of hydrogen-bond donors (Lipinski definition) is 0. The fraction of sp³-hybridized carbons (Fsp3) is 0.875. The van der Waals surface area contributed by atoms with Crippen LogP contribution in [0.15, 0.2) is 0 Å². The van der Waals surface area contributed by atoms with Crippen molar-refractivity contribution in [3.8, 4) is 0 Å². The smallest absolute Gasteiger partial charge is 0.223 e. The molecule has 2 fully saturated rings. The van der Waals surface area contributed by atoms with Crippen molar-refractivity contribution in [3.05, 3.63) is 0 Å². The predicted octanol–water partition coefficient (Wildman–Crippen LogP) is 1.16. The first-order valence-corrected chi connectivity index (χ1v) is 4.03. The zero-order valence-electron chi connectivity index (χ0n) is 6.39. The Morgan fingerprint density at radius 3 is 3.00 bits per heavy atom. The Kier molecular flexibility index (Phi) is 1.08. The molecule has 10 heavy (non-hydrogen) atoms. The number of amides is 1. The Morgan fingerprint density at radius 2 is 2.30 bits per heavy atom. The van der Waals surface area contributed by atoms with Crippen molar-refractivity contribution in [2.75, 3.05) is 6.54 Å². The summed E-state index contributed by atoms with van der Waals surface area (Å²) in [6.07, 6.45) is 4.31. The van der Waals surface area contributed by atoms with E-state index in [-0.39, 0.29) is 5.54 Å². The van der Waals surface area contributed by atoms with Gasteiger partial charge in [-0.05, 0) is 26.2 Å². The van der Waals surface area contributed by atoms with E-state index in [1.54, 1.807) is 0 Å². The molecule has 0 aromatic heterocycles. The van der Waals surface area contributed by atoms with Crippen LogP contribution < -0.4 is 0 Å². The van der Waals surface area contributed by atoms with Crippen molar-refractivity contribution in [3.63, 3.8) is 0 Å². The van der Waals surface area contributed by atoms with Crippen LogP contribution in [0.4, 0.5) is 0 Å². The first kappa shape index (κ1) is 6.20. The van der Waals surface area contributed by atoms with Gasteiger partial charge < -0.3 is 4.90 Å². The van der Waals surface area contributed by atoms with Gasteiger partial charge in [0.2, 0.25) is 5.91 Å². The maximum absolute atomic E-state index is 11.2. The molecule has 2 rings (SSSR count). The SMILES string of the molecule is C[C@]12CCCN1C(=O)CC2. The Morgan fingerprint density at radius 1 is 1.50 bits per heavy atom. The van der Waals surface area contributed by atoms with Gasteiger partial charge in [-0.15, -0.1) is 0 Å². The van der Waals surface area contributed by atoms with E-state index in [1.807, 2.05) is 0 Å². The molecule has 0 saturated carbocycles. The Hall–Kier alpha value is -0.530. The monoisotopic (exact) mass is 139 g/mol. The Labute approximate surface area is 61.2 Å². The lowest BCUT2D eigenvalue weighted by Crippen LogP contribution is -2.37. The molecule has 1 atom stereocenters. The van der Waals surface area contributed by atoms with E-state index in [1.165, 1.54) is 12.8 Å². The summed E-state index contributed by atoms with van der Waals surface area (Å²) in [5.41, 5.74) is 0.261. The van der Waals surface area contributed by atoms with Gasteiger partial charge in [-0.3, -0.25) is 4.79 Å². The quantitative estimate of drug-likeness (QED) is 0.493. The average molecular weight is 139 g/mol. The highest BCUT2D eigenvalue weighted by Crippen LogP contribution is 2.38. The molecule has 2 nitrogen and oxygen atoms in total. The van der Waals surface area contributed by atoms with E-state index >= 15 is 0 Å². The molecule has 1 amide bonds.